The molecule has 2 aromatic rings. The number of amides is 1. The van der Waals surface area contributed by atoms with E-state index in [1.807, 2.05) is 65.5 Å². The van der Waals surface area contributed by atoms with Crippen LogP contribution in [-0.4, -0.2) is 43.0 Å². The number of benzene rings is 1. The third kappa shape index (κ3) is 5.19. The third-order valence-electron chi connectivity index (χ3n) is 4.42. The largest absolute Gasteiger partial charge is 0.485 e. The fourth-order valence-corrected chi connectivity index (χ4v) is 3.96. The zero-order valence-corrected chi connectivity index (χ0v) is 18.6. The number of nitrogens with zero attached hydrogens (tertiary/aromatic N) is 4. The molecule has 28 heavy (non-hydrogen) atoms. The van der Waals surface area contributed by atoms with E-state index in [9.17, 15) is 4.79 Å². The van der Waals surface area contributed by atoms with Gasteiger partial charge < -0.3 is 15.5 Å². The van der Waals surface area contributed by atoms with E-state index in [0.717, 1.165) is 11.3 Å². The van der Waals surface area contributed by atoms with Crippen LogP contribution in [0.5, 0.6) is 5.75 Å². The average Bonchev–Trinajstić information content (AvgIpc) is 2.93. The molecule has 0 aliphatic carbocycles. The van der Waals surface area contributed by atoms with Crippen molar-refractivity contribution in [3.63, 3.8) is 0 Å². The van der Waals surface area contributed by atoms with Crippen molar-refractivity contribution in [3.05, 3.63) is 35.2 Å². The van der Waals surface area contributed by atoms with Crippen LogP contribution in [0.1, 0.15) is 51.6 Å². The molecule has 8 heteroatoms. The van der Waals surface area contributed by atoms with Crippen molar-refractivity contribution in [1.82, 2.24) is 19.8 Å². The van der Waals surface area contributed by atoms with Crippen molar-refractivity contribution < 1.29 is 9.53 Å². The number of carbonyl (C=O) groups is 1. The predicted octanol–water partition coefficient (Wildman–Crippen LogP) is 3.31. The minimum Gasteiger partial charge on any atom is -0.485 e. The molecular weight excluding hydrogens is 374 g/mol. The summed E-state index contributed by atoms with van der Waals surface area (Å²) in [6, 6.07) is 6.26. The molecule has 0 spiro atoms. The van der Waals surface area contributed by atoms with Gasteiger partial charge in [0.05, 0.1) is 5.25 Å². The topological polar surface area (TPSA) is 86.3 Å². The molecule has 154 valence electrons. The van der Waals surface area contributed by atoms with E-state index in [1.54, 1.807) is 0 Å². The lowest BCUT2D eigenvalue weighted by Crippen LogP contribution is -2.45. The van der Waals surface area contributed by atoms with Gasteiger partial charge in [0.1, 0.15) is 12.4 Å². The SMILES string of the molecule is Cc1ccc(OCc2nnc(S[C@H](C)C(=O)N(C(C)C)C(C)C)n2N)c(C)c1. The van der Waals surface area contributed by atoms with E-state index in [4.69, 9.17) is 10.6 Å². The van der Waals surface area contributed by atoms with Crippen molar-refractivity contribution in [2.24, 2.45) is 0 Å². The molecule has 0 bridgehead atoms. The Morgan fingerprint density at radius 2 is 1.82 bits per heavy atom. The number of aromatic nitrogens is 3. The maximum absolute atomic E-state index is 12.8. The first kappa shape index (κ1) is 22.1. The number of rotatable bonds is 8. The summed E-state index contributed by atoms with van der Waals surface area (Å²) in [5.41, 5.74) is 2.24. The Balaban J connectivity index is 2.05. The fourth-order valence-electron chi connectivity index (χ4n) is 3.11. The minimum absolute atomic E-state index is 0.0612. The Morgan fingerprint density at radius 1 is 1.18 bits per heavy atom. The minimum atomic E-state index is -0.315. The smallest absolute Gasteiger partial charge is 0.236 e. The fraction of sp³-hybridized carbons (Fsp3) is 0.550. The summed E-state index contributed by atoms with van der Waals surface area (Å²) >= 11 is 1.31. The molecule has 0 fully saturated rings. The van der Waals surface area contributed by atoms with Crippen LogP contribution >= 0.6 is 11.8 Å². The number of hydrogen-bond acceptors (Lipinski definition) is 6. The summed E-state index contributed by atoms with van der Waals surface area (Å²) in [7, 11) is 0. The maximum atomic E-state index is 12.8. The first-order valence-corrected chi connectivity index (χ1v) is 10.4. The van der Waals surface area contributed by atoms with Crippen LogP contribution in [0.4, 0.5) is 0 Å². The van der Waals surface area contributed by atoms with Crippen LogP contribution in [0, 0.1) is 13.8 Å². The number of hydrogen-bond donors (Lipinski definition) is 1. The number of thioether (sulfide) groups is 1. The summed E-state index contributed by atoms with van der Waals surface area (Å²) in [5, 5.41) is 8.44. The van der Waals surface area contributed by atoms with E-state index in [2.05, 4.69) is 16.3 Å². The second kappa shape index (κ2) is 9.32. The Bertz CT molecular complexity index is 811. The van der Waals surface area contributed by atoms with Crippen molar-refractivity contribution in [2.45, 2.75) is 77.6 Å². The van der Waals surface area contributed by atoms with Gasteiger partial charge in [-0.15, -0.1) is 10.2 Å². The summed E-state index contributed by atoms with van der Waals surface area (Å²) in [5.74, 6) is 7.49. The summed E-state index contributed by atoms with van der Waals surface area (Å²) in [6.45, 7) is 14.2. The van der Waals surface area contributed by atoms with Gasteiger partial charge in [-0.1, -0.05) is 29.5 Å². The molecule has 0 aliphatic heterocycles. The van der Waals surface area contributed by atoms with Crippen LogP contribution in [0.15, 0.2) is 23.4 Å². The van der Waals surface area contributed by atoms with Gasteiger partial charge >= 0.3 is 0 Å². The van der Waals surface area contributed by atoms with Crippen molar-refractivity contribution >= 4 is 17.7 Å². The molecule has 1 aromatic carbocycles. The number of ether oxygens (including phenoxy) is 1. The highest BCUT2D eigenvalue weighted by molar-refractivity contribution is 8.00. The summed E-state index contributed by atoms with van der Waals surface area (Å²) in [4.78, 5) is 14.7. The molecule has 0 radical (unpaired) electrons. The van der Waals surface area contributed by atoms with Gasteiger partial charge in [0.2, 0.25) is 11.1 Å². The quantitative estimate of drug-likeness (QED) is 0.536. The Kier molecular flexibility index (Phi) is 7.35. The lowest BCUT2D eigenvalue weighted by atomic mass is 10.1. The van der Waals surface area contributed by atoms with Crippen LogP contribution in [0.2, 0.25) is 0 Å². The molecule has 7 nitrogen and oxygen atoms in total. The highest BCUT2D eigenvalue weighted by Gasteiger charge is 2.27. The van der Waals surface area contributed by atoms with E-state index in [0.29, 0.717) is 11.0 Å². The van der Waals surface area contributed by atoms with Gasteiger partial charge in [-0.2, -0.15) is 0 Å². The normalized spacial score (nSPS) is 12.5. The summed E-state index contributed by atoms with van der Waals surface area (Å²) < 4.78 is 7.23. The van der Waals surface area contributed by atoms with Crippen molar-refractivity contribution in [1.29, 1.82) is 0 Å². The van der Waals surface area contributed by atoms with Crippen molar-refractivity contribution in [3.8, 4) is 5.75 Å². The van der Waals surface area contributed by atoms with Gasteiger partial charge in [-0.05, 0) is 60.1 Å². The highest BCUT2D eigenvalue weighted by Crippen LogP contribution is 2.25. The van der Waals surface area contributed by atoms with E-state index in [-0.39, 0.29) is 29.8 Å². The Hall–Kier alpha value is -2.22. The molecule has 0 aliphatic rings. The van der Waals surface area contributed by atoms with Crippen LogP contribution in [0.25, 0.3) is 0 Å². The molecule has 2 rings (SSSR count). The van der Waals surface area contributed by atoms with Crippen LogP contribution < -0.4 is 10.6 Å². The standard InChI is InChI=1S/C20H31N5O2S/c1-12(2)24(13(3)4)19(26)16(7)28-20-23-22-18(25(20)21)11-27-17-9-8-14(5)10-15(17)6/h8-10,12-13,16H,11,21H2,1-7H3/t16-/m1/s1. The van der Waals surface area contributed by atoms with Gasteiger partial charge in [0.25, 0.3) is 0 Å². The molecule has 0 saturated carbocycles. The van der Waals surface area contributed by atoms with Gasteiger partial charge in [-0.3, -0.25) is 4.79 Å². The molecule has 0 unspecified atom stereocenters. The molecule has 2 N–H and O–H groups in total. The van der Waals surface area contributed by atoms with Crippen molar-refractivity contribution in [2.75, 3.05) is 5.84 Å². The first-order chi connectivity index (χ1) is 13.1. The molecule has 1 heterocycles. The van der Waals surface area contributed by atoms with E-state index >= 15 is 0 Å². The number of nitrogen functional groups attached to an aromatic ring is 1. The molecule has 0 saturated heterocycles. The highest BCUT2D eigenvalue weighted by atomic mass is 32.2. The lowest BCUT2D eigenvalue weighted by Gasteiger charge is -2.32. The second-order valence-electron chi connectivity index (χ2n) is 7.52. The number of nitrogens with two attached hydrogens (primary N) is 1. The third-order valence-corrected chi connectivity index (χ3v) is 5.46. The van der Waals surface area contributed by atoms with Gasteiger partial charge in [-0.25, -0.2) is 4.68 Å². The Morgan fingerprint density at radius 3 is 2.39 bits per heavy atom. The lowest BCUT2D eigenvalue weighted by molar-refractivity contribution is -0.133. The maximum Gasteiger partial charge on any atom is 0.236 e. The number of carbonyl (C=O) groups excluding carboxylic acids is 1. The predicted molar refractivity (Wildman–Crippen MR) is 113 cm³/mol. The Labute approximate surface area is 171 Å². The van der Waals surface area contributed by atoms with Gasteiger partial charge in [0.15, 0.2) is 5.82 Å². The van der Waals surface area contributed by atoms with Crippen LogP contribution in [-0.2, 0) is 11.4 Å². The zero-order chi connectivity index (χ0) is 21.0. The summed E-state index contributed by atoms with van der Waals surface area (Å²) in [6.07, 6.45) is 0. The molecular formula is C20H31N5O2S. The second-order valence-corrected chi connectivity index (χ2v) is 8.83. The average molecular weight is 406 g/mol. The molecule has 1 aromatic heterocycles. The monoisotopic (exact) mass is 405 g/mol. The number of aryl methyl sites for hydroxylation is 2. The van der Waals surface area contributed by atoms with Crippen LogP contribution in [0.3, 0.4) is 0 Å². The molecule has 1 atom stereocenters. The van der Waals surface area contributed by atoms with E-state index in [1.165, 1.54) is 22.0 Å². The van der Waals surface area contributed by atoms with Gasteiger partial charge in [0, 0.05) is 12.1 Å². The molecule has 1 amide bonds. The zero-order valence-electron chi connectivity index (χ0n) is 17.8. The van der Waals surface area contributed by atoms with E-state index < -0.39 is 0 Å². The first-order valence-electron chi connectivity index (χ1n) is 9.50.